The zero-order valence-corrected chi connectivity index (χ0v) is 18.7. The average Bonchev–Trinajstić information content (AvgIpc) is 2.87. The number of hydrogen-bond acceptors (Lipinski definition) is 2. The number of β-lactam (4-membered cyclic amide) rings is 2. The van der Waals surface area contributed by atoms with Gasteiger partial charge in [0.2, 0.25) is 0 Å². The van der Waals surface area contributed by atoms with Crippen molar-refractivity contribution in [1.82, 2.24) is 10.0 Å². The molecule has 0 unspecified atom stereocenters. The molecular weight excluding hydrogens is 396 g/mol. The van der Waals surface area contributed by atoms with Gasteiger partial charge in [-0.25, -0.2) is 10.0 Å². The smallest absolute Gasteiger partial charge is 0.250 e. The zero-order valence-electron chi connectivity index (χ0n) is 18.7. The van der Waals surface area contributed by atoms with Crippen molar-refractivity contribution in [2.24, 2.45) is 10.8 Å². The SMILES string of the molecule is O=C1N(N2C(=O)C3(CCCCC3)[C@@H]2c2ccccc2)[C@@H](c2ccccc2)C12CCCCC2. The minimum absolute atomic E-state index is 0.0346. The highest BCUT2D eigenvalue weighted by molar-refractivity contribution is 5.97. The maximum absolute atomic E-state index is 13.9. The van der Waals surface area contributed by atoms with E-state index < -0.39 is 0 Å². The van der Waals surface area contributed by atoms with Crippen LogP contribution >= 0.6 is 0 Å². The molecule has 6 rings (SSSR count). The van der Waals surface area contributed by atoms with E-state index in [0.29, 0.717) is 0 Å². The third-order valence-corrected chi connectivity index (χ3v) is 8.76. The molecule has 2 spiro atoms. The Balaban J connectivity index is 1.43. The van der Waals surface area contributed by atoms with Gasteiger partial charge in [-0.1, -0.05) is 99.2 Å². The molecule has 0 radical (unpaired) electrons. The summed E-state index contributed by atoms with van der Waals surface area (Å²) in [7, 11) is 0. The summed E-state index contributed by atoms with van der Waals surface area (Å²) in [6, 6.07) is 20.8. The second-order valence-electron chi connectivity index (χ2n) is 10.4. The van der Waals surface area contributed by atoms with Crippen molar-refractivity contribution in [3.8, 4) is 0 Å². The van der Waals surface area contributed by atoms with Gasteiger partial charge < -0.3 is 0 Å². The lowest BCUT2D eigenvalue weighted by Crippen LogP contribution is -2.77. The number of benzene rings is 2. The first-order valence-electron chi connectivity index (χ1n) is 12.5. The monoisotopic (exact) mass is 428 g/mol. The van der Waals surface area contributed by atoms with E-state index in [0.717, 1.165) is 51.4 Å². The van der Waals surface area contributed by atoms with Crippen LogP contribution in [-0.2, 0) is 9.59 Å². The van der Waals surface area contributed by atoms with E-state index in [4.69, 9.17) is 0 Å². The van der Waals surface area contributed by atoms with Crippen molar-refractivity contribution in [2.45, 2.75) is 76.3 Å². The standard InChI is InChI=1S/C28H32N2O2/c31-25-27(17-9-3-10-18-27)23(21-13-5-1-6-14-21)29(25)30-24(22-15-7-2-8-16-22)28(26(30)32)19-11-4-12-20-28/h1-2,5-8,13-16,23-24H,3-4,9-12,17-20H2/t23-,24-/m0/s1. The Morgan fingerprint density at radius 2 is 0.875 bits per heavy atom. The molecule has 2 aromatic rings. The van der Waals surface area contributed by atoms with Gasteiger partial charge >= 0.3 is 0 Å². The van der Waals surface area contributed by atoms with Crippen LogP contribution in [0.4, 0.5) is 0 Å². The van der Waals surface area contributed by atoms with E-state index in [9.17, 15) is 9.59 Å². The van der Waals surface area contributed by atoms with Crippen molar-refractivity contribution < 1.29 is 9.59 Å². The molecule has 4 nitrogen and oxygen atoms in total. The molecule has 2 saturated heterocycles. The first-order chi connectivity index (χ1) is 15.7. The van der Waals surface area contributed by atoms with E-state index >= 15 is 0 Å². The summed E-state index contributed by atoms with van der Waals surface area (Å²) in [6.45, 7) is 0. The number of hydrogen-bond donors (Lipinski definition) is 0. The van der Waals surface area contributed by atoms with Crippen molar-refractivity contribution in [3.63, 3.8) is 0 Å². The summed E-state index contributed by atoms with van der Waals surface area (Å²) >= 11 is 0. The van der Waals surface area contributed by atoms with Gasteiger partial charge in [-0.15, -0.1) is 0 Å². The van der Waals surface area contributed by atoms with Crippen LogP contribution in [0.2, 0.25) is 0 Å². The molecule has 32 heavy (non-hydrogen) atoms. The van der Waals surface area contributed by atoms with Gasteiger partial charge in [-0.3, -0.25) is 9.59 Å². The second kappa shape index (κ2) is 7.47. The van der Waals surface area contributed by atoms with Crippen LogP contribution < -0.4 is 0 Å². The topological polar surface area (TPSA) is 40.6 Å². The molecule has 4 fully saturated rings. The van der Waals surface area contributed by atoms with Crippen molar-refractivity contribution in [1.29, 1.82) is 0 Å². The molecule has 0 N–H and O–H groups in total. The summed E-state index contributed by atoms with van der Waals surface area (Å²) in [4.78, 5) is 27.8. The van der Waals surface area contributed by atoms with E-state index in [-0.39, 0.29) is 34.7 Å². The average molecular weight is 429 g/mol. The highest BCUT2D eigenvalue weighted by Crippen LogP contribution is 2.65. The minimum atomic E-state index is -0.337. The predicted molar refractivity (Wildman–Crippen MR) is 123 cm³/mol. The third-order valence-electron chi connectivity index (χ3n) is 8.76. The van der Waals surface area contributed by atoms with Crippen LogP contribution in [0, 0.1) is 10.8 Å². The Morgan fingerprint density at radius 3 is 1.22 bits per heavy atom. The molecule has 4 aliphatic rings. The molecule has 2 aliphatic heterocycles. The Hall–Kier alpha value is -2.62. The van der Waals surface area contributed by atoms with Crippen LogP contribution in [0.3, 0.4) is 0 Å². The highest BCUT2D eigenvalue weighted by atomic mass is 16.2. The van der Waals surface area contributed by atoms with E-state index in [1.165, 1.54) is 24.0 Å². The van der Waals surface area contributed by atoms with Gasteiger partial charge in [0, 0.05) is 0 Å². The molecular formula is C28H32N2O2. The van der Waals surface area contributed by atoms with Gasteiger partial charge in [0.15, 0.2) is 0 Å². The molecule has 2 heterocycles. The van der Waals surface area contributed by atoms with E-state index in [2.05, 4.69) is 48.5 Å². The lowest BCUT2D eigenvalue weighted by molar-refractivity contribution is -0.264. The lowest BCUT2D eigenvalue weighted by atomic mass is 9.58. The minimum Gasteiger partial charge on any atom is -0.272 e. The van der Waals surface area contributed by atoms with Gasteiger partial charge in [-0.05, 0) is 36.8 Å². The summed E-state index contributed by atoms with van der Waals surface area (Å²) in [6.07, 6.45) is 10.5. The molecule has 2 aromatic carbocycles. The van der Waals surface area contributed by atoms with Crippen LogP contribution in [0.25, 0.3) is 0 Å². The summed E-state index contributed by atoms with van der Waals surface area (Å²) in [5.41, 5.74) is 1.66. The fraction of sp³-hybridized carbons (Fsp3) is 0.500. The fourth-order valence-corrected chi connectivity index (χ4v) is 7.24. The van der Waals surface area contributed by atoms with E-state index in [1.807, 2.05) is 22.2 Å². The lowest BCUT2D eigenvalue weighted by Gasteiger charge is -2.68. The quantitative estimate of drug-likeness (QED) is 0.565. The summed E-state index contributed by atoms with van der Waals surface area (Å²) in [5, 5.41) is 3.75. The number of amides is 2. The van der Waals surface area contributed by atoms with Gasteiger partial charge in [-0.2, -0.15) is 0 Å². The number of carbonyl (C=O) groups excluding carboxylic acids is 2. The predicted octanol–water partition coefficient (Wildman–Crippen LogP) is 5.97. The Kier molecular flexibility index (Phi) is 4.67. The Bertz CT molecular complexity index is 923. The maximum atomic E-state index is 13.9. The molecule has 166 valence electrons. The van der Waals surface area contributed by atoms with Crippen molar-refractivity contribution in [3.05, 3.63) is 71.8 Å². The zero-order chi connectivity index (χ0) is 21.8. The summed E-state index contributed by atoms with van der Waals surface area (Å²) in [5.74, 6) is 0.344. The highest BCUT2D eigenvalue weighted by Gasteiger charge is 2.71. The summed E-state index contributed by atoms with van der Waals surface area (Å²) < 4.78 is 0. The molecule has 2 saturated carbocycles. The van der Waals surface area contributed by atoms with Crippen molar-refractivity contribution >= 4 is 11.8 Å². The van der Waals surface area contributed by atoms with Crippen LogP contribution in [0.1, 0.15) is 87.4 Å². The third kappa shape index (κ3) is 2.61. The van der Waals surface area contributed by atoms with Crippen LogP contribution in [0.5, 0.6) is 0 Å². The molecule has 0 bridgehead atoms. The molecule has 4 heteroatoms. The van der Waals surface area contributed by atoms with Crippen molar-refractivity contribution in [2.75, 3.05) is 0 Å². The van der Waals surface area contributed by atoms with Gasteiger partial charge in [0.1, 0.15) is 0 Å². The number of nitrogens with zero attached hydrogens (tertiary/aromatic N) is 2. The van der Waals surface area contributed by atoms with E-state index in [1.54, 1.807) is 0 Å². The normalized spacial score (nSPS) is 28.5. The molecule has 2 aliphatic carbocycles. The first-order valence-corrected chi connectivity index (χ1v) is 12.5. The number of hydrazine groups is 1. The maximum Gasteiger partial charge on any atom is 0.250 e. The van der Waals surface area contributed by atoms with Gasteiger partial charge in [0.05, 0.1) is 22.9 Å². The number of carbonyl (C=O) groups is 2. The molecule has 0 aromatic heterocycles. The van der Waals surface area contributed by atoms with Crippen LogP contribution in [-0.4, -0.2) is 21.8 Å². The van der Waals surface area contributed by atoms with Crippen LogP contribution in [0.15, 0.2) is 60.7 Å². The Labute approximate surface area is 190 Å². The molecule has 2 amide bonds. The van der Waals surface area contributed by atoms with Gasteiger partial charge in [0.25, 0.3) is 11.8 Å². The number of rotatable bonds is 3. The Morgan fingerprint density at radius 1 is 0.531 bits per heavy atom. The fourth-order valence-electron chi connectivity index (χ4n) is 7.24. The largest absolute Gasteiger partial charge is 0.272 e. The second-order valence-corrected chi connectivity index (χ2v) is 10.4. The first kappa shape index (κ1) is 20.0. The molecule has 2 atom stereocenters.